The fourth-order valence-corrected chi connectivity index (χ4v) is 1.02. The Hall–Kier alpha value is -1.64. The average molecular weight is 177 g/mol. The van der Waals surface area contributed by atoms with Crippen LogP contribution in [0.1, 0.15) is 5.56 Å². The fraction of sp³-hybridized carbons (Fsp3) is 0.200. The van der Waals surface area contributed by atoms with E-state index in [-0.39, 0.29) is 0 Å². The molecule has 13 heavy (non-hydrogen) atoms. The summed E-state index contributed by atoms with van der Waals surface area (Å²) in [6.07, 6.45) is 1.22. The van der Waals surface area contributed by atoms with Crippen LogP contribution in [-0.2, 0) is 16.1 Å². The highest BCUT2D eigenvalue weighted by molar-refractivity contribution is 6.28. The highest BCUT2D eigenvalue weighted by atomic mass is 16.6. The van der Waals surface area contributed by atoms with Crippen molar-refractivity contribution in [3.63, 3.8) is 0 Å². The Kier molecular flexibility index (Phi) is 3.70. The molecule has 0 aliphatic heterocycles. The maximum absolute atomic E-state index is 10.5. The van der Waals surface area contributed by atoms with Crippen molar-refractivity contribution in [1.29, 1.82) is 0 Å². The first-order valence-corrected chi connectivity index (χ1v) is 3.96. The lowest BCUT2D eigenvalue weighted by atomic mass is 10.1. The molecule has 0 atom stereocenters. The van der Waals surface area contributed by atoms with Gasteiger partial charge < -0.3 is 4.84 Å². The third-order valence-corrected chi connectivity index (χ3v) is 1.57. The molecular formula is C10H11NO2. The fourth-order valence-electron chi connectivity index (χ4n) is 1.02. The van der Waals surface area contributed by atoms with Gasteiger partial charge >= 0.3 is 0 Å². The molecule has 3 heteroatoms. The second kappa shape index (κ2) is 5.09. The van der Waals surface area contributed by atoms with Crippen molar-refractivity contribution in [1.82, 2.24) is 0 Å². The van der Waals surface area contributed by atoms with E-state index in [1.54, 1.807) is 0 Å². The van der Waals surface area contributed by atoms with Crippen LogP contribution in [-0.4, -0.2) is 19.1 Å². The number of carbonyl (C=O) groups excluding carboxylic acids is 1. The summed E-state index contributed by atoms with van der Waals surface area (Å²) in [6, 6.07) is 9.65. The minimum Gasteiger partial charge on any atom is -0.399 e. The zero-order valence-electron chi connectivity index (χ0n) is 7.43. The Morgan fingerprint density at radius 3 is 2.69 bits per heavy atom. The predicted molar refractivity (Wildman–Crippen MR) is 50.7 cm³/mol. The molecular weight excluding hydrogens is 166 g/mol. The van der Waals surface area contributed by atoms with E-state index in [1.807, 2.05) is 30.3 Å². The van der Waals surface area contributed by atoms with E-state index < -0.39 is 0 Å². The van der Waals surface area contributed by atoms with E-state index in [0.29, 0.717) is 18.4 Å². The molecule has 0 aliphatic rings. The lowest BCUT2D eigenvalue weighted by Gasteiger charge is -1.97. The first kappa shape index (κ1) is 9.45. The maximum Gasteiger partial charge on any atom is 0.167 e. The number of hydrogen-bond acceptors (Lipinski definition) is 3. The second-order valence-corrected chi connectivity index (χ2v) is 2.55. The standard InChI is InChI=1S/C10H11NO2/c1-13-11-10(8-12)7-9-5-3-2-4-6-9/h2-6,8H,7H2,1H3. The molecule has 0 amide bonds. The zero-order valence-corrected chi connectivity index (χ0v) is 7.43. The number of nitrogens with zero attached hydrogens (tertiary/aromatic N) is 1. The van der Waals surface area contributed by atoms with Gasteiger partial charge in [0, 0.05) is 6.42 Å². The molecule has 1 aromatic rings. The summed E-state index contributed by atoms with van der Waals surface area (Å²) >= 11 is 0. The van der Waals surface area contributed by atoms with Crippen LogP contribution in [0, 0.1) is 0 Å². The van der Waals surface area contributed by atoms with Gasteiger partial charge in [-0.1, -0.05) is 35.5 Å². The lowest BCUT2D eigenvalue weighted by Crippen LogP contribution is -2.04. The van der Waals surface area contributed by atoms with Gasteiger partial charge in [0.1, 0.15) is 12.8 Å². The highest BCUT2D eigenvalue weighted by Crippen LogP contribution is 2.00. The summed E-state index contributed by atoms with van der Waals surface area (Å²) in [4.78, 5) is 15.0. The number of benzene rings is 1. The van der Waals surface area contributed by atoms with Crippen molar-refractivity contribution in [2.45, 2.75) is 6.42 Å². The molecule has 0 N–H and O–H groups in total. The van der Waals surface area contributed by atoms with E-state index in [2.05, 4.69) is 9.99 Å². The number of aldehydes is 1. The molecule has 0 fully saturated rings. The SMILES string of the molecule is CON=C(C=O)Cc1ccccc1. The van der Waals surface area contributed by atoms with E-state index in [9.17, 15) is 4.79 Å². The lowest BCUT2D eigenvalue weighted by molar-refractivity contribution is -0.102. The monoisotopic (exact) mass is 177 g/mol. The first-order valence-electron chi connectivity index (χ1n) is 3.96. The summed E-state index contributed by atoms with van der Waals surface area (Å²) in [7, 11) is 1.43. The van der Waals surface area contributed by atoms with Crippen molar-refractivity contribution in [3.05, 3.63) is 35.9 Å². The number of hydrogen-bond donors (Lipinski definition) is 0. The Labute approximate surface area is 77.0 Å². The van der Waals surface area contributed by atoms with E-state index in [1.165, 1.54) is 7.11 Å². The van der Waals surface area contributed by atoms with Gasteiger partial charge in [-0.3, -0.25) is 4.79 Å². The predicted octanol–water partition coefficient (Wildman–Crippen LogP) is 1.43. The van der Waals surface area contributed by atoms with Gasteiger partial charge in [0.2, 0.25) is 0 Å². The van der Waals surface area contributed by atoms with Crippen molar-refractivity contribution in [2.24, 2.45) is 5.16 Å². The van der Waals surface area contributed by atoms with Gasteiger partial charge in [-0.05, 0) is 5.56 Å². The van der Waals surface area contributed by atoms with Gasteiger partial charge in [0.25, 0.3) is 0 Å². The van der Waals surface area contributed by atoms with Gasteiger partial charge in [0.15, 0.2) is 6.29 Å². The van der Waals surface area contributed by atoms with Crippen molar-refractivity contribution >= 4 is 12.0 Å². The molecule has 3 nitrogen and oxygen atoms in total. The Balaban J connectivity index is 2.68. The van der Waals surface area contributed by atoms with Gasteiger partial charge in [0.05, 0.1) is 0 Å². The number of rotatable bonds is 4. The topological polar surface area (TPSA) is 38.7 Å². The summed E-state index contributed by atoms with van der Waals surface area (Å²) in [5, 5.41) is 3.59. The van der Waals surface area contributed by atoms with Crippen LogP contribution in [0.2, 0.25) is 0 Å². The highest BCUT2D eigenvalue weighted by Gasteiger charge is 1.99. The molecule has 0 aliphatic carbocycles. The van der Waals surface area contributed by atoms with Crippen LogP contribution in [0.25, 0.3) is 0 Å². The molecule has 1 aromatic carbocycles. The molecule has 0 saturated carbocycles. The third kappa shape index (κ3) is 3.07. The Bertz CT molecular complexity index is 293. The Morgan fingerprint density at radius 2 is 2.15 bits per heavy atom. The molecule has 0 aromatic heterocycles. The largest absolute Gasteiger partial charge is 0.399 e. The van der Waals surface area contributed by atoms with Crippen LogP contribution in [0.5, 0.6) is 0 Å². The normalized spacial score (nSPS) is 11.0. The molecule has 0 bridgehead atoms. The molecule has 0 unspecified atom stereocenters. The second-order valence-electron chi connectivity index (χ2n) is 2.55. The maximum atomic E-state index is 10.5. The number of carbonyl (C=O) groups is 1. The summed E-state index contributed by atoms with van der Waals surface area (Å²) in [6.45, 7) is 0. The smallest absolute Gasteiger partial charge is 0.167 e. The van der Waals surface area contributed by atoms with Gasteiger partial charge in [-0.15, -0.1) is 0 Å². The minimum absolute atomic E-state index is 0.397. The summed E-state index contributed by atoms with van der Waals surface area (Å²) in [5.41, 5.74) is 1.44. The number of oxime groups is 1. The molecule has 1 rings (SSSR count). The van der Waals surface area contributed by atoms with Crippen molar-refractivity contribution in [3.8, 4) is 0 Å². The first-order chi connectivity index (χ1) is 6.36. The third-order valence-electron chi connectivity index (χ3n) is 1.57. The molecule has 0 saturated heterocycles. The minimum atomic E-state index is 0.397. The summed E-state index contributed by atoms with van der Waals surface area (Å²) < 4.78 is 0. The van der Waals surface area contributed by atoms with Crippen molar-refractivity contribution in [2.75, 3.05) is 7.11 Å². The average Bonchev–Trinajstić information content (AvgIpc) is 2.19. The molecule has 0 heterocycles. The van der Waals surface area contributed by atoms with Crippen LogP contribution < -0.4 is 0 Å². The Morgan fingerprint density at radius 1 is 1.46 bits per heavy atom. The molecule has 0 spiro atoms. The van der Waals surface area contributed by atoms with E-state index in [0.717, 1.165) is 5.56 Å². The van der Waals surface area contributed by atoms with E-state index >= 15 is 0 Å². The van der Waals surface area contributed by atoms with E-state index in [4.69, 9.17) is 0 Å². The van der Waals surface area contributed by atoms with Crippen LogP contribution >= 0.6 is 0 Å². The summed E-state index contributed by atoms with van der Waals surface area (Å²) in [5.74, 6) is 0. The quantitative estimate of drug-likeness (QED) is 0.396. The van der Waals surface area contributed by atoms with Crippen LogP contribution in [0.4, 0.5) is 0 Å². The van der Waals surface area contributed by atoms with Crippen molar-refractivity contribution < 1.29 is 9.63 Å². The van der Waals surface area contributed by atoms with Gasteiger partial charge in [-0.25, -0.2) is 0 Å². The zero-order chi connectivity index (χ0) is 9.52. The molecule has 0 radical (unpaired) electrons. The van der Waals surface area contributed by atoms with Crippen LogP contribution in [0.3, 0.4) is 0 Å². The molecule has 68 valence electrons. The van der Waals surface area contributed by atoms with Gasteiger partial charge in [-0.2, -0.15) is 0 Å². The van der Waals surface area contributed by atoms with Crippen LogP contribution in [0.15, 0.2) is 35.5 Å².